The van der Waals surface area contributed by atoms with Crippen molar-refractivity contribution >= 4 is 44.7 Å². The Morgan fingerprint density at radius 3 is 2.45 bits per heavy atom. The second-order valence-electron chi connectivity index (χ2n) is 7.30. The number of aryl methyl sites for hydroxylation is 1. The van der Waals surface area contributed by atoms with Crippen LogP contribution in [-0.4, -0.2) is 16.6 Å². The zero-order valence-electron chi connectivity index (χ0n) is 16.6. The van der Waals surface area contributed by atoms with E-state index in [2.05, 4.69) is 36.1 Å². The molecule has 0 fully saturated rings. The van der Waals surface area contributed by atoms with Crippen LogP contribution in [0.1, 0.15) is 18.7 Å². The first-order chi connectivity index (χ1) is 14.0. The molecule has 0 aliphatic rings. The summed E-state index contributed by atoms with van der Waals surface area (Å²) in [4.78, 5) is 11.2. The number of aromatic nitrogens is 2. The highest BCUT2D eigenvalue weighted by atomic mass is 35.5. The van der Waals surface area contributed by atoms with Crippen LogP contribution in [0.15, 0.2) is 54.9 Å². The van der Waals surface area contributed by atoms with Crippen molar-refractivity contribution in [2.75, 3.05) is 11.9 Å². The molecule has 6 heteroatoms. The predicted molar refractivity (Wildman–Crippen MR) is 123 cm³/mol. The number of ether oxygens (including phenoxy) is 1. The molecule has 0 aliphatic carbocycles. The van der Waals surface area contributed by atoms with Gasteiger partial charge in [0.25, 0.3) is 0 Å². The molecule has 0 spiro atoms. The Bertz CT molecular complexity index is 1120. The van der Waals surface area contributed by atoms with Crippen molar-refractivity contribution in [1.29, 1.82) is 0 Å². The van der Waals surface area contributed by atoms with Crippen LogP contribution in [0.3, 0.4) is 0 Å². The third-order valence-corrected chi connectivity index (χ3v) is 5.76. The molecule has 4 rings (SSSR count). The van der Waals surface area contributed by atoms with Gasteiger partial charge in [-0.25, -0.2) is 9.97 Å². The fraction of sp³-hybridized carbons (Fsp3) is 0.217. The van der Waals surface area contributed by atoms with Crippen LogP contribution in [-0.2, 0) is 0 Å². The highest BCUT2D eigenvalue weighted by molar-refractivity contribution is 7.19. The molecule has 4 nitrogen and oxygen atoms in total. The smallest absolute Gasteiger partial charge is 0.143 e. The predicted octanol–water partition coefficient (Wildman–Crippen LogP) is 7.10. The van der Waals surface area contributed by atoms with E-state index in [1.54, 1.807) is 17.7 Å². The zero-order valence-corrected chi connectivity index (χ0v) is 18.1. The van der Waals surface area contributed by atoms with Crippen molar-refractivity contribution in [1.82, 2.24) is 9.97 Å². The summed E-state index contributed by atoms with van der Waals surface area (Å²) >= 11 is 7.75. The molecular formula is C23H22ClN3OS. The number of fused-ring (bicyclic) bond motifs is 1. The van der Waals surface area contributed by atoms with Crippen LogP contribution >= 0.6 is 22.9 Å². The van der Waals surface area contributed by atoms with Crippen LogP contribution in [0.2, 0.25) is 5.02 Å². The Hall–Kier alpha value is -2.63. The summed E-state index contributed by atoms with van der Waals surface area (Å²) in [5.74, 6) is 2.15. The van der Waals surface area contributed by atoms with Crippen LogP contribution in [0, 0.1) is 12.8 Å². The van der Waals surface area contributed by atoms with E-state index in [0.29, 0.717) is 12.5 Å². The normalized spacial score (nSPS) is 11.2. The average Bonchev–Trinajstić information content (AvgIpc) is 3.05. The lowest BCUT2D eigenvalue weighted by Gasteiger charge is -2.11. The molecule has 0 saturated carbocycles. The third-order valence-electron chi connectivity index (χ3n) is 4.50. The Morgan fingerprint density at radius 2 is 1.76 bits per heavy atom. The largest absolute Gasteiger partial charge is 0.493 e. The van der Waals surface area contributed by atoms with Gasteiger partial charge >= 0.3 is 0 Å². The SMILES string of the molecule is Cc1sc2ncnc(Nc3ccc(OCC(C)C)cc3)c2c1-c1ccc(Cl)cc1. The number of halogens is 1. The average molecular weight is 424 g/mol. The van der Waals surface area contributed by atoms with Gasteiger partial charge in [0.1, 0.15) is 22.7 Å². The molecule has 0 unspecified atom stereocenters. The number of nitrogens with zero attached hydrogens (tertiary/aromatic N) is 2. The number of benzene rings is 2. The van der Waals surface area contributed by atoms with E-state index in [-0.39, 0.29) is 0 Å². The van der Waals surface area contributed by atoms with Gasteiger partial charge in [0.2, 0.25) is 0 Å². The van der Waals surface area contributed by atoms with Crippen LogP contribution in [0.5, 0.6) is 5.75 Å². The first kappa shape index (κ1) is 19.7. The molecule has 0 amide bonds. The van der Waals surface area contributed by atoms with Gasteiger partial charge in [-0.15, -0.1) is 11.3 Å². The highest BCUT2D eigenvalue weighted by Crippen LogP contribution is 2.41. The van der Waals surface area contributed by atoms with E-state index < -0.39 is 0 Å². The summed E-state index contributed by atoms with van der Waals surface area (Å²) in [6.07, 6.45) is 1.60. The molecule has 0 saturated heterocycles. The van der Waals surface area contributed by atoms with E-state index in [9.17, 15) is 0 Å². The molecule has 29 heavy (non-hydrogen) atoms. The summed E-state index contributed by atoms with van der Waals surface area (Å²) in [5.41, 5.74) is 3.20. The Labute approximate surface area is 179 Å². The van der Waals surface area contributed by atoms with Crippen molar-refractivity contribution < 1.29 is 4.74 Å². The van der Waals surface area contributed by atoms with Gasteiger partial charge in [-0.05, 0) is 54.8 Å². The topological polar surface area (TPSA) is 47.0 Å². The summed E-state index contributed by atoms with van der Waals surface area (Å²) in [6, 6.07) is 15.8. The maximum atomic E-state index is 6.08. The lowest BCUT2D eigenvalue weighted by Crippen LogP contribution is -2.04. The highest BCUT2D eigenvalue weighted by Gasteiger charge is 2.17. The third kappa shape index (κ3) is 4.36. The lowest BCUT2D eigenvalue weighted by molar-refractivity contribution is 0.271. The summed E-state index contributed by atoms with van der Waals surface area (Å²) in [7, 11) is 0. The number of hydrogen-bond acceptors (Lipinski definition) is 5. The van der Waals surface area contributed by atoms with Gasteiger partial charge in [-0.1, -0.05) is 37.6 Å². The number of nitrogens with one attached hydrogen (secondary N) is 1. The van der Waals surface area contributed by atoms with Gasteiger partial charge < -0.3 is 10.1 Å². The van der Waals surface area contributed by atoms with Gasteiger partial charge in [0, 0.05) is 21.2 Å². The second kappa shape index (κ2) is 8.39. The first-order valence-electron chi connectivity index (χ1n) is 9.51. The molecule has 148 valence electrons. The van der Waals surface area contributed by atoms with Crippen molar-refractivity contribution in [2.24, 2.45) is 5.92 Å². The molecular weight excluding hydrogens is 402 g/mol. The van der Waals surface area contributed by atoms with Crippen molar-refractivity contribution in [2.45, 2.75) is 20.8 Å². The van der Waals surface area contributed by atoms with Gasteiger partial charge in [-0.2, -0.15) is 0 Å². The van der Waals surface area contributed by atoms with Crippen molar-refractivity contribution in [3.63, 3.8) is 0 Å². The Balaban J connectivity index is 1.68. The molecule has 0 bridgehead atoms. The zero-order chi connectivity index (χ0) is 20.4. The molecule has 2 heterocycles. The fourth-order valence-corrected chi connectivity index (χ4v) is 4.28. The minimum absolute atomic E-state index is 0.496. The van der Waals surface area contributed by atoms with Crippen molar-refractivity contribution in [3.05, 3.63) is 64.8 Å². The van der Waals surface area contributed by atoms with E-state index in [1.165, 1.54) is 4.88 Å². The number of hydrogen-bond donors (Lipinski definition) is 1. The summed E-state index contributed by atoms with van der Waals surface area (Å²) in [5, 5.41) is 5.20. The fourth-order valence-electron chi connectivity index (χ4n) is 3.14. The minimum atomic E-state index is 0.496. The van der Waals surface area contributed by atoms with Crippen LogP contribution in [0.4, 0.5) is 11.5 Å². The quantitative estimate of drug-likeness (QED) is 0.359. The van der Waals surface area contributed by atoms with E-state index >= 15 is 0 Å². The standard InChI is InChI=1S/C23H22ClN3OS/c1-14(2)12-28-19-10-8-18(9-11-19)27-22-21-20(16-4-6-17(24)7-5-16)15(3)29-23(21)26-13-25-22/h4-11,13-14H,12H2,1-3H3,(H,25,26,27). The summed E-state index contributed by atoms with van der Waals surface area (Å²) in [6.45, 7) is 7.09. The molecule has 0 radical (unpaired) electrons. The minimum Gasteiger partial charge on any atom is -0.493 e. The lowest BCUT2D eigenvalue weighted by atomic mass is 10.0. The number of rotatable bonds is 6. The Morgan fingerprint density at radius 1 is 1.03 bits per heavy atom. The van der Waals surface area contributed by atoms with Crippen LogP contribution < -0.4 is 10.1 Å². The maximum Gasteiger partial charge on any atom is 0.143 e. The van der Waals surface area contributed by atoms with Gasteiger partial charge in [-0.3, -0.25) is 0 Å². The second-order valence-corrected chi connectivity index (χ2v) is 8.94. The maximum absolute atomic E-state index is 6.08. The van der Waals surface area contributed by atoms with Crippen LogP contribution in [0.25, 0.3) is 21.3 Å². The number of thiophene rings is 1. The molecule has 4 aromatic rings. The van der Waals surface area contributed by atoms with Gasteiger partial charge in [0.05, 0.1) is 12.0 Å². The van der Waals surface area contributed by atoms with E-state index in [0.717, 1.165) is 43.6 Å². The molecule has 1 N–H and O–H groups in total. The van der Waals surface area contributed by atoms with E-state index in [4.69, 9.17) is 16.3 Å². The molecule has 0 atom stereocenters. The molecule has 2 aromatic heterocycles. The molecule has 0 aliphatic heterocycles. The monoisotopic (exact) mass is 423 g/mol. The van der Waals surface area contributed by atoms with Gasteiger partial charge in [0.15, 0.2) is 0 Å². The number of anilines is 2. The van der Waals surface area contributed by atoms with E-state index in [1.807, 2.05) is 48.5 Å². The summed E-state index contributed by atoms with van der Waals surface area (Å²) < 4.78 is 5.77. The Kier molecular flexibility index (Phi) is 5.69. The van der Waals surface area contributed by atoms with Crippen molar-refractivity contribution in [3.8, 4) is 16.9 Å². The first-order valence-corrected chi connectivity index (χ1v) is 10.7. The molecule has 2 aromatic carbocycles.